The smallest absolute Gasteiger partial charge is 0.253 e. The number of amides is 1. The zero-order chi connectivity index (χ0) is 11.5. The molecule has 0 bridgehead atoms. The van der Waals surface area contributed by atoms with Gasteiger partial charge in [-0.3, -0.25) is 9.78 Å². The normalized spacial score (nSPS) is 15.0. The molecule has 1 aromatic heterocycles. The SMILES string of the molecule is Cc1cncc(C(=O)NC(CN)C2CC2)c1.Cl.Cl. The van der Waals surface area contributed by atoms with Gasteiger partial charge in [0.2, 0.25) is 0 Å². The van der Waals surface area contributed by atoms with Crippen molar-refractivity contribution >= 4 is 30.7 Å². The Morgan fingerprint density at radius 3 is 2.67 bits per heavy atom. The third kappa shape index (κ3) is 4.44. The molecule has 6 heteroatoms. The number of nitrogens with two attached hydrogens (primary N) is 1. The molecule has 18 heavy (non-hydrogen) atoms. The second kappa shape index (κ2) is 7.56. The van der Waals surface area contributed by atoms with E-state index < -0.39 is 0 Å². The van der Waals surface area contributed by atoms with Crippen molar-refractivity contribution in [3.05, 3.63) is 29.6 Å². The van der Waals surface area contributed by atoms with E-state index in [-0.39, 0.29) is 36.8 Å². The summed E-state index contributed by atoms with van der Waals surface area (Å²) in [6.45, 7) is 2.43. The fourth-order valence-corrected chi connectivity index (χ4v) is 1.80. The maximum atomic E-state index is 11.9. The molecule has 102 valence electrons. The van der Waals surface area contributed by atoms with Crippen LogP contribution in [0.5, 0.6) is 0 Å². The Kier molecular flexibility index (Phi) is 7.21. The minimum atomic E-state index is -0.0708. The van der Waals surface area contributed by atoms with Crippen LogP contribution in [-0.2, 0) is 0 Å². The number of nitrogens with zero attached hydrogens (tertiary/aromatic N) is 1. The number of carbonyl (C=O) groups is 1. The number of aryl methyl sites for hydroxylation is 1. The lowest BCUT2D eigenvalue weighted by Crippen LogP contribution is -2.41. The van der Waals surface area contributed by atoms with Gasteiger partial charge in [-0.1, -0.05) is 0 Å². The van der Waals surface area contributed by atoms with Crippen LogP contribution in [-0.4, -0.2) is 23.5 Å². The number of pyridine rings is 1. The Labute approximate surface area is 120 Å². The zero-order valence-electron chi connectivity index (χ0n) is 10.3. The van der Waals surface area contributed by atoms with Crippen molar-refractivity contribution in [2.24, 2.45) is 11.7 Å². The Balaban J connectivity index is 0.00000144. The number of aromatic nitrogens is 1. The fourth-order valence-electron chi connectivity index (χ4n) is 1.80. The average molecular weight is 292 g/mol. The molecule has 1 atom stereocenters. The number of nitrogens with one attached hydrogen (secondary N) is 1. The van der Waals surface area contributed by atoms with Crippen LogP contribution in [0.2, 0.25) is 0 Å². The first kappa shape index (κ1) is 17.2. The van der Waals surface area contributed by atoms with E-state index >= 15 is 0 Å². The molecule has 0 aromatic carbocycles. The predicted octanol–water partition coefficient (Wildman–Crippen LogP) is 1.70. The first-order chi connectivity index (χ1) is 7.70. The van der Waals surface area contributed by atoms with Crippen LogP contribution >= 0.6 is 24.8 Å². The van der Waals surface area contributed by atoms with E-state index in [0.717, 1.165) is 5.56 Å². The Hall–Kier alpha value is -0.840. The molecule has 0 saturated heterocycles. The second-order valence-electron chi connectivity index (χ2n) is 4.40. The van der Waals surface area contributed by atoms with Crippen molar-refractivity contribution in [1.29, 1.82) is 0 Å². The Morgan fingerprint density at radius 1 is 1.50 bits per heavy atom. The molecule has 1 fully saturated rings. The van der Waals surface area contributed by atoms with Crippen molar-refractivity contribution in [3.63, 3.8) is 0 Å². The van der Waals surface area contributed by atoms with E-state index in [1.165, 1.54) is 12.8 Å². The predicted molar refractivity (Wildman–Crippen MR) is 76.5 cm³/mol. The van der Waals surface area contributed by atoms with Gasteiger partial charge < -0.3 is 11.1 Å². The summed E-state index contributed by atoms with van der Waals surface area (Å²) < 4.78 is 0. The van der Waals surface area contributed by atoms with Crippen LogP contribution in [0.4, 0.5) is 0 Å². The summed E-state index contributed by atoms with van der Waals surface area (Å²) in [5.41, 5.74) is 7.24. The number of rotatable bonds is 4. The molecule has 1 unspecified atom stereocenters. The summed E-state index contributed by atoms with van der Waals surface area (Å²) in [6.07, 6.45) is 5.67. The van der Waals surface area contributed by atoms with Crippen LogP contribution in [0.3, 0.4) is 0 Å². The lowest BCUT2D eigenvalue weighted by Gasteiger charge is -2.15. The minimum absolute atomic E-state index is 0. The van der Waals surface area contributed by atoms with E-state index in [1.54, 1.807) is 12.4 Å². The Morgan fingerprint density at radius 2 is 2.17 bits per heavy atom. The third-order valence-electron chi connectivity index (χ3n) is 2.90. The van der Waals surface area contributed by atoms with Crippen molar-refractivity contribution in [1.82, 2.24) is 10.3 Å². The number of halogens is 2. The van der Waals surface area contributed by atoms with Crippen molar-refractivity contribution in [3.8, 4) is 0 Å². The van der Waals surface area contributed by atoms with Crippen molar-refractivity contribution in [2.75, 3.05) is 6.54 Å². The molecule has 0 spiro atoms. The van der Waals surface area contributed by atoms with E-state index in [1.807, 2.05) is 13.0 Å². The number of hydrogen-bond donors (Lipinski definition) is 2. The topological polar surface area (TPSA) is 68.0 Å². The van der Waals surface area contributed by atoms with Gasteiger partial charge in [0, 0.05) is 25.0 Å². The average Bonchev–Trinajstić information content (AvgIpc) is 3.09. The highest BCUT2D eigenvalue weighted by atomic mass is 35.5. The van der Waals surface area contributed by atoms with E-state index in [4.69, 9.17) is 5.73 Å². The van der Waals surface area contributed by atoms with Crippen LogP contribution in [0.1, 0.15) is 28.8 Å². The summed E-state index contributed by atoms with van der Waals surface area (Å²) in [5.74, 6) is 0.505. The molecule has 2 rings (SSSR count). The maximum absolute atomic E-state index is 11.9. The van der Waals surface area contributed by atoms with E-state index in [2.05, 4.69) is 10.3 Å². The first-order valence-electron chi connectivity index (χ1n) is 5.63. The number of carbonyl (C=O) groups excluding carboxylic acids is 1. The summed E-state index contributed by atoms with van der Waals surface area (Å²) in [6, 6.07) is 1.95. The molecule has 4 nitrogen and oxygen atoms in total. The molecule has 1 aliphatic carbocycles. The highest BCUT2D eigenvalue weighted by molar-refractivity contribution is 5.94. The summed E-state index contributed by atoms with van der Waals surface area (Å²) in [7, 11) is 0. The van der Waals surface area contributed by atoms with Gasteiger partial charge in [0.05, 0.1) is 5.56 Å². The minimum Gasteiger partial charge on any atom is -0.348 e. The van der Waals surface area contributed by atoms with Crippen LogP contribution in [0, 0.1) is 12.8 Å². The van der Waals surface area contributed by atoms with Crippen LogP contribution < -0.4 is 11.1 Å². The first-order valence-corrected chi connectivity index (χ1v) is 5.63. The standard InChI is InChI=1S/C12H17N3O.2ClH/c1-8-4-10(7-14-6-8)12(16)15-11(5-13)9-2-3-9;;/h4,6-7,9,11H,2-3,5,13H2,1H3,(H,15,16);2*1H. The quantitative estimate of drug-likeness (QED) is 0.887. The lowest BCUT2D eigenvalue weighted by molar-refractivity contribution is 0.0933. The molecule has 3 N–H and O–H groups in total. The summed E-state index contributed by atoms with van der Waals surface area (Å²) >= 11 is 0. The zero-order valence-corrected chi connectivity index (χ0v) is 11.9. The molecule has 0 aliphatic heterocycles. The van der Waals surface area contributed by atoms with Crippen LogP contribution in [0.25, 0.3) is 0 Å². The largest absolute Gasteiger partial charge is 0.348 e. The van der Waals surface area contributed by atoms with E-state index in [0.29, 0.717) is 18.0 Å². The molecular weight excluding hydrogens is 273 g/mol. The lowest BCUT2D eigenvalue weighted by atomic mass is 10.1. The molecule has 1 aromatic rings. The summed E-state index contributed by atoms with van der Waals surface area (Å²) in [5, 5.41) is 2.97. The van der Waals surface area contributed by atoms with Gasteiger partial charge in [0.1, 0.15) is 0 Å². The molecule has 1 amide bonds. The molecule has 1 saturated carbocycles. The monoisotopic (exact) mass is 291 g/mol. The summed E-state index contributed by atoms with van der Waals surface area (Å²) in [4.78, 5) is 15.9. The van der Waals surface area contributed by atoms with Gasteiger partial charge in [-0.15, -0.1) is 24.8 Å². The fraction of sp³-hybridized carbons (Fsp3) is 0.500. The molecule has 1 heterocycles. The second-order valence-corrected chi connectivity index (χ2v) is 4.40. The van der Waals surface area contributed by atoms with Gasteiger partial charge in [0.25, 0.3) is 5.91 Å². The maximum Gasteiger partial charge on any atom is 0.253 e. The van der Waals surface area contributed by atoms with Crippen molar-refractivity contribution in [2.45, 2.75) is 25.8 Å². The molecular formula is C12H19Cl2N3O. The third-order valence-corrected chi connectivity index (χ3v) is 2.90. The number of hydrogen-bond acceptors (Lipinski definition) is 3. The van der Waals surface area contributed by atoms with Gasteiger partial charge >= 0.3 is 0 Å². The van der Waals surface area contributed by atoms with Gasteiger partial charge in [0.15, 0.2) is 0 Å². The van der Waals surface area contributed by atoms with Crippen LogP contribution in [0.15, 0.2) is 18.5 Å². The Bertz CT molecular complexity index is 397. The highest BCUT2D eigenvalue weighted by Crippen LogP contribution is 2.32. The van der Waals surface area contributed by atoms with E-state index in [9.17, 15) is 4.79 Å². The molecule has 0 radical (unpaired) electrons. The van der Waals surface area contributed by atoms with Gasteiger partial charge in [-0.25, -0.2) is 0 Å². The van der Waals surface area contributed by atoms with Gasteiger partial charge in [-0.05, 0) is 37.3 Å². The van der Waals surface area contributed by atoms with Crippen molar-refractivity contribution < 1.29 is 4.79 Å². The van der Waals surface area contributed by atoms with Gasteiger partial charge in [-0.2, -0.15) is 0 Å². The highest BCUT2D eigenvalue weighted by Gasteiger charge is 2.31. The molecule has 1 aliphatic rings.